The summed E-state index contributed by atoms with van der Waals surface area (Å²) < 4.78 is 27.3. The summed E-state index contributed by atoms with van der Waals surface area (Å²) in [4.78, 5) is 24.9. The fourth-order valence-corrected chi connectivity index (χ4v) is 6.05. The van der Waals surface area contributed by atoms with Gasteiger partial charge in [0.25, 0.3) is 15.9 Å². The highest BCUT2D eigenvalue weighted by Crippen LogP contribution is 2.25. The van der Waals surface area contributed by atoms with Gasteiger partial charge in [0.1, 0.15) is 11.9 Å². The number of thiazole rings is 1. The summed E-state index contributed by atoms with van der Waals surface area (Å²) in [6.07, 6.45) is 3.13. The number of nitrogens with zero attached hydrogens (tertiary/aromatic N) is 3. The van der Waals surface area contributed by atoms with Crippen molar-refractivity contribution in [3.63, 3.8) is 0 Å². The Balaban J connectivity index is 1.48. The number of hydrogen-bond donors (Lipinski definition) is 2. The Morgan fingerprint density at radius 1 is 1.33 bits per heavy atom. The third kappa shape index (κ3) is 5.44. The average Bonchev–Trinajstić information content (AvgIpc) is 3.34. The Morgan fingerprint density at radius 3 is 2.79 bits per heavy atom. The van der Waals surface area contributed by atoms with Crippen LogP contribution in [0.3, 0.4) is 0 Å². The summed E-state index contributed by atoms with van der Waals surface area (Å²) in [6.45, 7) is 9.15. The van der Waals surface area contributed by atoms with E-state index >= 15 is 0 Å². The summed E-state index contributed by atoms with van der Waals surface area (Å²) in [5.74, 6) is 0.629. The maximum Gasteiger partial charge on any atom is 0.263 e. The molecule has 0 radical (unpaired) electrons. The van der Waals surface area contributed by atoms with E-state index in [4.69, 9.17) is 0 Å². The normalized spacial score (nSPS) is 21.4. The van der Waals surface area contributed by atoms with E-state index in [0.29, 0.717) is 10.7 Å². The number of likely N-dealkylation sites (tertiary alicyclic amines) is 1. The third-order valence-electron chi connectivity index (χ3n) is 6.43. The van der Waals surface area contributed by atoms with Crippen LogP contribution < -0.4 is 10.0 Å². The number of amides is 1. The molecule has 33 heavy (non-hydrogen) atoms. The number of carbonyl (C=O) groups excluding carboxylic acids is 1. The summed E-state index contributed by atoms with van der Waals surface area (Å²) in [5, 5.41) is 5.43. The zero-order valence-electron chi connectivity index (χ0n) is 19.2. The minimum Gasteiger partial charge on any atom is -0.300 e. The first-order chi connectivity index (χ1) is 15.8. The smallest absolute Gasteiger partial charge is 0.263 e. The number of benzene rings is 1. The molecule has 8 nitrogen and oxygen atoms in total. The number of nitrogens with one attached hydrogen (secondary N) is 2. The van der Waals surface area contributed by atoms with Gasteiger partial charge in [-0.3, -0.25) is 19.4 Å². The number of carbonyl (C=O) groups is 1. The number of amidine groups is 1. The summed E-state index contributed by atoms with van der Waals surface area (Å²) in [6, 6.07) is 5.93. The zero-order chi connectivity index (χ0) is 23.6. The van der Waals surface area contributed by atoms with Crippen LogP contribution in [-0.4, -0.2) is 49.2 Å². The molecule has 2 N–H and O–H groups in total. The van der Waals surface area contributed by atoms with Crippen LogP contribution in [0.15, 0.2) is 39.5 Å². The summed E-state index contributed by atoms with van der Waals surface area (Å²) in [5.41, 5.74) is 1.44. The molecule has 0 unspecified atom stereocenters. The van der Waals surface area contributed by atoms with Crippen LogP contribution in [-0.2, 0) is 21.4 Å². The fraction of sp³-hybridized carbons (Fsp3) is 0.522. The van der Waals surface area contributed by atoms with Gasteiger partial charge in [-0.1, -0.05) is 39.3 Å². The van der Waals surface area contributed by atoms with E-state index in [0.717, 1.165) is 37.7 Å². The maximum atomic E-state index is 13.2. The van der Waals surface area contributed by atoms with Crippen molar-refractivity contribution >= 4 is 38.2 Å². The second-order valence-corrected chi connectivity index (χ2v) is 11.5. The number of anilines is 1. The molecule has 2 aliphatic rings. The predicted molar refractivity (Wildman–Crippen MR) is 131 cm³/mol. The van der Waals surface area contributed by atoms with Crippen molar-refractivity contribution in [3.8, 4) is 0 Å². The number of aliphatic imine (C=N–C) groups is 1. The first-order valence-electron chi connectivity index (χ1n) is 11.4. The second kappa shape index (κ2) is 9.90. The predicted octanol–water partition coefficient (Wildman–Crippen LogP) is 3.47. The van der Waals surface area contributed by atoms with Gasteiger partial charge in [0, 0.05) is 17.5 Å². The first kappa shape index (κ1) is 23.8. The number of sulfonamides is 1. The SMILES string of the molecule is CC[C@H](C)[C@H](N=C1NS(=O)(=O)c2ccccc21)C(=O)Nc1nc(CN2CCC(C)CC2)cs1. The highest BCUT2D eigenvalue weighted by atomic mass is 32.2. The molecule has 178 valence electrons. The molecule has 1 aromatic heterocycles. The lowest BCUT2D eigenvalue weighted by Crippen LogP contribution is -2.35. The largest absolute Gasteiger partial charge is 0.300 e. The zero-order valence-corrected chi connectivity index (χ0v) is 20.9. The molecule has 1 saturated heterocycles. The molecule has 3 heterocycles. The number of fused-ring (bicyclic) bond motifs is 1. The molecule has 2 atom stereocenters. The van der Waals surface area contributed by atoms with E-state index in [1.807, 2.05) is 19.2 Å². The van der Waals surface area contributed by atoms with Crippen LogP contribution in [0, 0.1) is 11.8 Å². The topological polar surface area (TPSA) is 104 Å². The molecule has 1 fully saturated rings. The lowest BCUT2D eigenvalue weighted by molar-refractivity contribution is -0.118. The van der Waals surface area contributed by atoms with Crippen LogP contribution in [0.1, 0.15) is 51.3 Å². The summed E-state index contributed by atoms with van der Waals surface area (Å²) in [7, 11) is -3.66. The highest BCUT2D eigenvalue weighted by Gasteiger charge is 2.33. The molecular weight excluding hydrogens is 458 g/mol. The Kier molecular flexibility index (Phi) is 7.16. The third-order valence-corrected chi connectivity index (χ3v) is 8.63. The Hall–Kier alpha value is -2.30. The van der Waals surface area contributed by atoms with E-state index in [2.05, 4.69) is 31.8 Å². The highest BCUT2D eigenvalue weighted by molar-refractivity contribution is 7.90. The van der Waals surface area contributed by atoms with Gasteiger partial charge in [0.05, 0.1) is 10.6 Å². The summed E-state index contributed by atoms with van der Waals surface area (Å²) >= 11 is 1.41. The van der Waals surface area contributed by atoms with E-state index in [1.54, 1.807) is 24.3 Å². The Morgan fingerprint density at radius 2 is 2.06 bits per heavy atom. The minimum absolute atomic E-state index is 0.0791. The van der Waals surface area contributed by atoms with Crippen LogP contribution >= 0.6 is 11.3 Å². The van der Waals surface area contributed by atoms with E-state index in [9.17, 15) is 13.2 Å². The fourth-order valence-electron chi connectivity index (χ4n) is 4.10. The van der Waals surface area contributed by atoms with Crippen LogP contribution in [0.2, 0.25) is 0 Å². The molecule has 0 saturated carbocycles. The number of aromatic nitrogens is 1. The standard InChI is InChI=1S/C23H31N5O3S2/c1-4-16(3)20(25-21-18-7-5-6-8-19(18)33(30,31)27-21)22(29)26-23-24-17(14-32-23)13-28-11-9-15(2)10-12-28/h5-8,14-16,20H,4,9-13H2,1-3H3,(H,25,27)(H,24,26,29)/t16-,20-/m0/s1. The minimum atomic E-state index is -3.66. The molecule has 1 aromatic carbocycles. The van der Waals surface area contributed by atoms with Gasteiger partial charge in [-0.15, -0.1) is 11.3 Å². The van der Waals surface area contributed by atoms with Crippen LogP contribution in [0.4, 0.5) is 5.13 Å². The molecule has 2 aliphatic heterocycles. The molecule has 0 spiro atoms. The van der Waals surface area contributed by atoms with Crippen molar-refractivity contribution in [2.75, 3.05) is 18.4 Å². The van der Waals surface area contributed by atoms with Gasteiger partial charge >= 0.3 is 0 Å². The Bertz CT molecular complexity index is 1140. The van der Waals surface area contributed by atoms with E-state index < -0.39 is 16.1 Å². The van der Waals surface area contributed by atoms with Gasteiger partial charge in [0.15, 0.2) is 5.13 Å². The van der Waals surface area contributed by atoms with E-state index in [-0.39, 0.29) is 22.6 Å². The van der Waals surface area contributed by atoms with Crippen molar-refractivity contribution in [3.05, 3.63) is 40.9 Å². The van der Waals surface area contributed by atoms with Crippen LogP contribution in [0.25, 0.3) is 0 Å². The maximum absolute atomic E-state index is 13.2. The quantitative estimate of drug-likeness (QED) is 0.620. The number of hydrogen-bond acceptors (Lipinski definition) is 7. The molecule has 0 aliphatic carbocycles. The average molecular weight is 490 g/mol. The lowest BCUT2D eigenvalue weighted by Gasteiger charge is -2.29. The molecular formula is C23H31N5O3S2. The van der Waals surface area contributed by atoms with Crippen molar-refractivity contribution in [1.29, 1.82) is 0 Å². The van der Waals surface area contributed by atoms with Crippen molar-refractivity contribution in [1.82, 2.24) is 14.6 Å². The molecule has 10 heteroatoms. The van der Waals surface area contributed by atoms with Gasteiger partial charge < -0.3 is 5.32 Å². The van der Waals surface area contributed by atoms with Gasteiger partial charge in [0.2, 0.25) is 0 Å². The molecule has 2 aromatic rings. The monoisotopic (exact) mass is 489 g/mol. The van der Waals surface area contributed by atoms with Gasteiger partial charge in [-0.25, -0.2) is 13.4 Å². The van der Waals surface area contributed by atoms with Crippen molar-refractivity contribution < 1.29 is 13.2 Å². The van der Waals surface area contributed by atoms with Gasteiger partial charge in [-0.2, -0.15) is 0 Å². The molecule has 1 amide bonds. The number of piperidine rings is 1. The first-order valence-corrected chi connectivity index (χ1v) is 13.8. The molecule has 0 bridgehead atoms. The van der Waals surface area contributed by atoms with Crippen molar-refractivity contribution in [2.45, 2.75) is 57.5 Å². The van der Waals surface area contributed by atoms with Crippen molar-refractivity contribution in [2.24, 2.45) is 16.8 Å². The van der Waals surface area contributed by atoms with Gasteiger partial charge in [-0.05, 0) is 49.9 Å². The second-order valence-electron chi connectivity index (χ2n) is 9.00. The van der Waals surface area contributed by atoms with E-state index in [1.165, 1.54) is 24.2 Å². The Labute approximate surface area is 199 Å². The number of rotatable bonds is 7. The van der Waals surface area contributed by atoms with Crippen LogP contribution in [0.5, 0.6) is 0 Å². The lowest BCUT2D eigenvalue weighted by atomic mass is 9.99. The molecule has 4 rings (SSSR count).